The number of benzene rings is 2. The zero-order valence-corrected chi connectivity index (χ0v) is 16.3. The molecule has 1 aliphatic heterocycles. The molecule has 2 heterocycles. The van der Waals surface area contributed by atoms with Crippen LogP contribution in [0, 0.1) is 0 Å². The topological polar surface area (TPSA) is 66.1 Å². The molecule has 2 aromatic carbocycles. The van der Waals surface area contributed by atoms with Crippen LogP contribution in [-0.4, -0.2) is 29.2 Å². The van der Waals surface area contributed by atoms with Crippen molar-refractivity contribution in [1.82, 2.24) is 14.3 Å². The highest BCUT2D eigenvalue weighted by molar-refractivity contribution is 9.10. The molecule has 1 atom stereocenters. The average molecular weight is 441 g/mol. The van der Waals surface area contributed by atoms with Crippen molar-refractivity contribution >= 4 is 48.6 Å². The minimum Gasteiger partial charge on any atom is -0.341 e. The summed E-state index contributed by atoms with van der Waals surface area (Å²) in [7, 11) is -3.70. The fourth-order valence-electron chi connectivity index (χ4n) is 3.24. The third-order valence-corrected chi connectivity index (χ3v) is 7.29. The highest BCUT2D eigenvalue weighted by Crippen LogP contribution is 2.38. The minimum atomic E-state index is -3.70. The van der Waals surface area contributed by atoms with E-state index in [4.69, 9.17) is 11.6 Å². The maximum absolute atomic E-state index is 13.2. The van der Waals surface area contributed by atoms with Crippen molar-refractivity contribution in [3.63, 3.8) is 0 Å². The Kier molecular flexibility index (Phi) is 4.35. The van der Waals surface area contributed by atoms with Gasteiger partial charge in [0.25, 0.3) is 0 Å². The molecule has 1 unspecified atom stereocenters. The molecule has 4 rings (SSSR count). The molecule has 0 amide bonds. The Hall–Kier alpha value is -1.41. The number of imidazole rings is 1. The monoisotopic (exact) mass is 439 g/mol. The number of rotatable bonds is 3. The lowest BCUT2D eigenvalue weighted by atomic mass is 10.2. The van der Waals surface area contributed by atoms with Crippen molar-refractivity contribution in [3.05, 3.63) is 57.8 Å². The maximum Gasteiger partial charge on any atom is 0.245 e. The van der Waals surface area contributed by atoms with Crippen LogP contribution in [-0.2, 0) is 10.0 Å². The van der Waals surface area contributed by atoms with E-state index in [0.717, 1.165) is 28.3 Å². The SMILES string of the molecule is O=S(=O)(c1ccc(Br)cc1Cl)N1CCCC1c1nc2ccccc2[nH]1. The molecule has 0 bridgehead atoms. The molecule has 5 nitrogen and oxygen atoms in total. The summed E-state index contributed by atoms with van der Waals surface area (Å²) in [6.45, 7) is 0.455. The summed E-state index contributed by atoms with van der Waals surface area (Å²) >= 11 is 9.50. The lowest BCUT2D eigenvalue weighted by molar-refractivity contribution is 0.386. The van der Waals surface area contributed by atoms with Gasteiger partial charge in [0.2, 0.25) is 10.0 Å². The van der Waals surface area contributed by atoms with Crippen LogP contribution in [0.25, 0.3) is 11.0 Å². The van der Waals surface area contributed by atoms with Crippen molar-refractivity contribution in [2.45, 2.75) is 23.8 Å². The van der Waals surface area contributed by atoms with E-state index in [1.165, 1.54) is 10.4 Å². The molecule has 0 spiro atoms. The van der Waals surface area contributed by atoms with Crippen LogP contribution in [0.1, 0.15) is 24.7 Å². The summed E-state index contributed by atoms with van der Waals surface area (Å²) in [6, 6.07) is 12.2. The van der Waals surface area contributed by atoms with Gasteiger partial charge in [-0.05, 0) is 43.2 Å². The number of halogens is 2. The first-order valence-electron chi connectivity index (χ1n) is 7.88. The number of nitrogens with one attached hydrogen (secondary N) is 1. The van der Waals surface area contributed by atoms with Gasteiger partial charge in [0, 0.05) is 11.0 Å². The summed E-state index contributed by atoms with van der Waals surface area (Å²) in [5.74, 6) is 0.676. The van der Waals surface area contributed by atoms with E-state index in [1.54, 1.807) is 12.1 Å². The van der Waals surface area contributed by atoms with Gasteiger partial charge < -0.3 is 4.98 Å². The Bertz CT molecular complexity index is 1020. The van der Waals surface area contributed by atoms with Crippen LogP contribution >= 0.6 is 27.5 Å². The minimum absolute atomic E-state index is 0.125. The van der Waals surface area contributed by atoms with Gasteiger partial charge in [-0.1, -0.05) is 39.7 Å². The fraction of sp³-hybridized carbons (Fsp3) is 0.235. The summed E-state index contributed by atoms with van der Waals surface area (Å²) in [6.07, 6.45) is 1.52. The molecular weight excluding hydrogens is 426 g/mol. The smallest absolute Gasteiger partial charge is 0.245 e. The molecule has 3 aromatic rings. The third-order valence-electron chi connectivity index (χ3n) is 4.41. The largest absolute Gasteiger partial charge is 0.341 e. The van der Waals surface area contributed by atoms with E-state index in [0.29, 0.717) is 12.4 Å². The van der Waals surface area contributed by atoms with Crippen molar-refractivity contribution in [1.29, 1.82) is 0 Å². The number of aromatic amines is 1. The van der Waals surface area contributed by atoms with Gasteiger partial charge in [-0.2, -0.15) is 4.31 Å². The van der Waals surface area contributed by atoms with Gasteiger partial charge in [0.15, 0.2) is 0 Å². The summed E-state index contributed by atoms with van der Waals surface area (Å²) in [4.78, 5) is 7.97. The Balaban J connectivity index is 1.75. The Labute approximate surface area is 159 Å². The molecule has 1 aromatic heterocycles. The fourth-order valence-corrected chi connectivity index (χ4v) is 5.92. The second-order valence-corrected chi connectivity index (χ2v) is 9.17. The van der Waals surface area contributed by atoms with Gasteiger partial charge in [-0.3, -0.25) is 0 Å². The first-order chi connectivity index (χ1) is 12.0. The Morgan fingerprint density at radius 2 is 2.04 bits per heavy atom. The number of hydrogen-bond donors (Lipinski definition) is 1. The molecule has 0 radical (unpaired) electrons. The Morgan fingerprint density at radius 3 is 2.80 bits per heavy atom. The Morgan fingerprint density at radius 1 is 1.24 bits per heavy atom. The number of para-hydroxylation sites is 2. The van der Waals surface area contributed by atoms with Crippen LogP contribution in [0.2, 0.25) is 5.02 Å². The van der Waals surface area contributed by atoms with Gasteiger partial charge in [-0.25, -0.2) is 13.4 Å². The molecule has 0 saturated carbocycles. The van der Waals surface area contributed by atoms with Crippen LogP contribution in [0.3, 0.4) is 0 Å². The van der Waals surface area contributed by atoms with Gasteiger partial charge in [-0.15, -0.1) is 0 Å². The van der Waals surface area contributed by atoms with Crippen molar-refractivity contribution in [2.24, 2.45) is 0 Å². The van der Waals surface area contributed by atoms with Crippen LogP contribution in [0.15, 0.2) is 51.8 Å². The molecule has 1 aliphatic rings. The first kappa shape index (κ1) is 17.0. The van der Waals surface area contributed by atoms with E-state index in [1.807, 2.05) is 24.3 Å². The van der Waals surface area contributed by atoms with E-state index >= 15 is 0 Å². The molecule has 0 aliphatic carbocycles. The lowest BCUT2D eigenvalue weighted by Crippen LogP contribution is -2.31. The predicted octanol–water partition coefficient (Wildman–Crippen LogP) is 4.50. The molecule has 8 heteroatoms. The second-order valence-electron chi connectivity index (χ2n) is 5.99. The van der Waals surface area contributed by atoms with Crippen molar-refractivity contribution in [3.8, 4) is 0 Å². The summed E-state index contributed by atoms with van der Waals surface area (Å²) < 4.78 is 28.5. The summed E-state index contributed by atoms with van der Waals surface area (Å²) in [5, 5.41) is 0.213. The molecule has 130 valence electrons. The second kappa shape index (κ2) is 6.39. The maximum atomic E-state index is 13.2. The highest BCUT2D eigenvalue weighted by atomic mass is 79.9. The molecule has 1 saturated heterocycles. The molecule has 1 N–H and O–H groups in total. The van der Waals surface area contributed by atoms with Crippen LogP contribution in [0.5, 0.6) is 0 Å². The summed E-state index contributed by atoms with van der Waals surface area (Å²) in [5.41, 5.74) is 1.74. The predicted molar refractivity (Wildman–Crippen MR) is 101 cm³/mol. The molecule has 25 heavy (non-hydrogen) atoms. The number of fused-ring (bicyclic) bond motifs is 1. The molecule has 1 fully saturated rings. The normalized spacial score (nSPS) is 18.9. The third kappa shape index (κ3) is 2.99. The number of H-pyrrole nitrogens is 1. The van der Waals surface area contributed by atoms with E-state index < -0.39 is 10.0 Å². The van der Waals surface area contributed by atoms with Crippen molar-refractivity contribution in [2.75, 3.05) is 6.54 Å². The highest BCUT2D eigenvalue weighted by Gasteiger charge is 2.38. The molecular formula is C17H15BrClN3O2S. The lowest BCUT2D eigenvalue weighted by Gasteiger charge is -2.23. The average Bonchev–Trinajstić information content (AvgIpc) is 3.21. The zero-order valence-electron chi connectivity index (χ0n) is 13.1. The first-order valence-corrected chi connectivity index (χ1v) is 10.5. The van der Waals surface area contributed by atoms with E-state index in [-0.39, 0.29) is 16.0 Å². The van der Waals surface area contributed by atoms with E-state index in [9.17, 15) is 8.42 Å². The van der Waals surface area contributed by atoms with Gasteiger partial charge in [0.1, 0.15) is 10.7 Å². The quantitative estimate of drug-likeness (QED) is 0.652. The standard InChI is InChI=1S/C17H15BrClN3O2S/c18-11-7-8-16(12(19)10-11)25(23,24)22-9-3-6-15(22)17-20-13-4-1-2-5-14(13)21-17/h1-2,4-5,7-8,10,15H,3,6,9H2,(H,20,21). The van der Waals surface area contributed by atoms with Crippen LogP contribution in [0.4, 0.5) is 0 Å². The van der Waals surface area contributed by atoms with Gasteiger partial charge >= 0.3 is 0 Å². The zero-order chi connectivity index (χ0) is 17.6. The number of hydrogen-bond acceptors (Lipinski definition) is 3. The van der Waals surface area contributed by atoms with Crippen LogP contribution < -0.4 is 0 Å². The number of nitrogens with zero attached hydrogens (tertiary/aromatic N) is 2. The van der Waals surface area contributed by atoms with Crippen molar-refractivity contribution < 1.29 is 8.42 Å². The number of sulfonamides is 1. The van der Waals surface area contributed by atoms with Gasteiger partial charge in [0.05, 0.1) is 22.1 Å². The number of aromatic nitrogens is 2. The van der Waals surface area contributed by atoms with E-state index in [2.05, 4.69) is 25.9 Å².